The van der Waals surface area contributed by atoms with Crippen LogP contribution in [-0.4, -0.2) is 27.5 Å². The zero-order valence-electron chi connectivity index (χ0n) is 12.9. The van der Waals surface area contributed by atoms with Gasteiger partial charge in [-0.2, -0.15) is 0 Å². The zero-order valence-corrected chi connectivity index (χ0v) is 13.8. The van der Waals surface area contributed by atoms with Gasteiger partial charge in [0.1, 0.15) is 0 Å². The van der Waals surface area contributed by atoms with E-state index in [4.69, 9.17) is 0 Å². The molecular formula is C18H13N3O3S. The maximum Gasteiger partial charge on any atom is 0.294 e. The molecule has 2 heterocycles. The zero-order chi connectivity index (χ0) is 17.6. The van der Waals surface area contributed by atoms with Gasteiger partial charge in [0, 0.05) is 5.56 Å². The number of nitrogens with zero attached hydrogens (tertiary/aromatic N) is 1. The molecule has 1 amide bonds. The number of thiophene rings is 1. The van der Waals surface area contributed by atoms with Gasteiger partial charge in [-0.15, -0.1) is 11.3 Å². The number of carbonyl (C=O) groups is 1. The van der Waals surface area contributed by atoms with Crippen molar-refractivity contribution in [2.45, 2.75) is 0 Å². The fraction of sp³-hybridized carbons (Fsp3) is 0.0556. The molecule has 3 N–H and O–H groups in total. The summed E-state index contributed by atoms with van der Waals surface area (Å²) in [7, 11) is 0. The topological polar surface area (TPSA) is 95.1 Å². The molecular weight excluding hydrogens is 338 g/mol. The number of H-pyrrole nitrogens is 1. The van der Waals surface area contributed by atoms with E-state index in [1.807, 2.05) is 35.7 Å². The van der Waals surface area contributed by atoms with Crippen LogP contribution in [0.15, 0.2) is 52.6 Å². The highest BCUT2D eigenvalue weighted by atomic mass is 32.1. The predicted molar refractivity (Wildman–Crippen MR) is 95.5 cm³/mol. The molecule has 3 aromatic rings. The van der Waals surface area contributed by atoms with Crippen molar-refractivity contribution in [1.29, 1.82) is 0 Å². The van der Waals surface area contributed by atoms with Gasteiger partial charge in [-0.25, -0.2) is 4.98 Å². The maximum absolute atomic E-state index is 12.2. The molecule has 124 valence electrons. The van der Waals surface area contributed by atoms with Crippen LogP contribution in [0, 0.1) is 11.8 Å². The molecule has 3 rings (SSSR count). The first kappa shape index (κ1) is 16.5. The van der Waals surface area contributed by atoms with Gasteiger partial charge in [0.2, 0.25) is 5.75 Å². The second kappa shape index (κ2) is 7.47. The second-order valence-electron chi connectivity index (χ2n) is 4.94. The van der Waals surface area contributed by atoms with Crippen molar-refractivity contribution >= 4 is 17.2 Å². The smallest absolute Gasteiger partial charge is 0.294 e. The number of nitrogens with one attached hydrogen (secondary N) is 2. The number of amides is 1. The van der Waals surface area contributed by atoms with E-state index in [1.54, 1.807) is 12.1 Å². The number of carbonyl (C=O) groups excluding carboxylic acids is 1. The van der Waals surface area contributed by atoms with Crippen molar-refractivity contribution in [1.82, 2.24) is 15.3 Å². The lowest BCUT2D eigenvalue weighted by Crippen LogP contribution is -2.27. The Morgan fingerprint density at radius 2 is 2.04 bits per heavy atom. The van der Waals surface area contributed by atoms with Crippen molar-refractivity contribution in [3.63, 3.8) is 0 Å². The van der Waals surface area contributed by atoms with Crippen LogP contribution in [0.5, 0.6) is 5.75 Å². The molecule has 7 heteroatoms. The highest BCUT2D eigenvalue weighted by Gasteiger charge is 2.18. The molecule has 0 spiro atoms. The SMILES string of the molecule is O=C(NCC#Cc1ccccc1)c1nc(-c2cccs2)[nH]c(=O)c1O. The van der Waals surface area contributed by atoms with Crippen LogP contribution >= 0.6 is 11.3 Å². The highest BCUT2D eigenvalue weighted by Crippen LogP contribution is 2.21. The van der Waals surface area contributed by atoms with Crippen LogP contribution in [0.25, 0.3) is 10.7 Å². The van der Waals surface area contributed by atoms with Crippen LogP contribution in [-0.2, 0) is 0 Å². The average Bonchev–Trinajstić information content (AvgIpc) is 3.16. The van der Waals surface area contributed by atoms with Gasteiger partial charge in [-0.05, 0) is 23.6 Å². The number of aromatic hydroxyl groups is 1. The van der Waals surface area contributed by atoms with Crippen LogP contribution in [0.4, 0.5) is 0 Å². The number of aromatic nitrogens is 2. The van der Waals surface area contributed by atoms with Crippen molar-refractivity contribution in [3.8, 4) is 28.3 Å². The molecule has 0 aliphatic rings. The lowest BCUT2D eigenvalue weighted by atomic mass is 10.2. The molecule has 2 aromatic heterocycles. The second-order valence-corrected chi connectivity index (χ2v) is 5.89. The molecule has 0 unspecified atom stereocenters. The van der Waals surface area contributed by atoms with Crippen LogP contribution in [0.1, 0.15) is 16.1 Å². The standard InChI is InChI=1S/C18H13N3O3S/c22-15-14(20-16(21-18(15)24)13-9-5-11-25-13)17(23)19-10-4-8-12-6-2-1-3-7-12/h1-3,5-7,9,11,22H,10H2,(H,19,23)(H,20,21,24). The van der Waals surface area contributed by atoms with Gasteiger partial charge in [0.05, 0.1) is 11.4 Å². The van der Waals surface area contributed by atoms with Gasteiger partial charge in [0.15, 0.2) is 11.5 Å². The number of hydrogen-bond donors (Lipinski definition) is 3. The fourth-order valence-corrected chi connectivity index (χ4v) is 2.70. The number of rotatable bonds is 3. The molecule has 0 aliphatic heterocycles. The van der Waals surface area contributed by atoms with E-state index in [2.05, 4.69) is 27.1 Å². The van der Waals surface area contributed by atoms with Crippen molar-refractivity contribution < 1.29 is 9.90 Å². The summed E-state index contributed by atoms with van der Waals surface area (Å²) < 4.78 is 0. The summed E-state index contributed by atoms with van der Waals surface area (Å²) in [6.07, 6.45) is 0. The maximum atomic E-state index is 12.2. The summed E-state index contributed by atoms with van der Waals surface area (Å²) in [5.41, 5.74) is -0.263. The molecule has 0 saturated heterocycles. The molecule has 0 aliphatic carbocycles. The van der Waals surface area contributed by atoms with Gasteiger partial charge in [-0.3, -0.25) is 9.59 Å². The van der Waals surface area contributed by atoms with Crippen LogP contribution in [0.3, 0.4) is 0 Å². The van der Waals surface area contributed by atoms with Crippen LogP contribution in [0.2, 0.25) is 0 Å². The van der Waals surface area contributed by atoms with Crippen molar-refractivity contribution in [2.75, 3.05) is 6.54 Å². The minimum absolute atomic E-state index is 0.0655. The first-order valence-corrected chi connectivity index (χ1v) is 8.22. The van der Waals surface area contributed by atoms with E-state index in [0.717, 1.165) is 5.56 Å². The predicted octanol–water partition coefficient (Wildman–Crippen LogP) is 1.99. The van der Waals surface area contributed by atoms with E-state index in [1.165, 1.54) is 11.3 Å². The molecule has 0 atom stereocenters. The summed E-state index contributed by atoms with van der Waals surface area (Å²) in [6.45, 7) is 0.0655. The van der Waals surface area contributed by atoms with Gasteiger partial charge < -0.3 is 15.4 Å². The highest BCUT2D eigenvalue weighted by molar-refractivity contribution is 7.13. The third-order valence-electron chi connectivity index (χ3n) is 3.21. The van der Waals surface area contributed by atoms with E-state index in [9.17, 15) is 14.7 Å². The van der Waals surface area contributed by atoms with E-state index in [-0.39, 0.29) is 18.1 Å². The Morgan fingerprint density at radius 1 is 1.24 bits per heavy atom. The van der Waals surface area contributed by atoms with Crippen LogP contribution < -0.4 is 10.9 Å². The van der Waals surface area contributed by atoms with Gasteiger partial charge in [-0.1, -0.05) is 36.1 Å². The Kier molecular flexibility index (Phi) is 4.92. The summed E-state index contributed by atoms with van der Waals surface area (Å²) in [5.74, 6) is 4.56. The Balaban J connectivity index is 1.76. The first-order valence-electron chi connectivity index (χ1n) is 7.34. The molecule has 0 radical (unpaired) electrons. The summed E-state index contributed by atoms with van der Waals surface area (Å²) >= 11 is 1.36. The number of hydrogen-bond acceptors (Lipinski definition) is 5. The molecule has 0 saturated carbocycles. The normalized spacial score (nSPS) is 9.92. The average molecular weight is 351 g/mol. The van der Waals surface area contributed by atoms with Gasteiger partial charge in [0.25, 0.3) is 11.5 Å². The third kappa shape index (κ3) is 3.94. The molecule has 1 aromatic carbocycles. The number of benzene rings is 1. The minimum atomic E-state index is -0.765. The first-order chi connectivity index (χ1) is 12.1. The molecule has 0 fully saturated rings. The Hall–Kier alpha value is -3.37. The van der Waals surface area contributed by atoms with Gasteiger partial charge >= 0.3 is 0 Å². The lowest BCUT2D eigenvalue weighted by Gasteiger charge is -2.05. The molecule has 0 bridgehead atoms. The summed E-state index contributed by atoms with van der Waals surface area (Å²) in [6, 6.07) is 12.9. The summed E-state index contributed by atoms with van der Waals surface area (Å²) in [4.78, 5) is 31.2. The quantitative estimate of drug-likeness (QED) is 0.629. The number of aromatic amines is 1. The van der Waals surface area contributed by atoms with Crippen molar-refractivity contribution in [2.24, 2.45) is 0 Å². The minimum Gasteiger partial charge on any atom is -0.501 e. The van der Waals surface area contributed by atoms with E-state index in [0.29, 0.717) is 4.88 Å². The Morgan fingerprint density at radius 3 is 2.76 bits per heavy atom. The van der Waals surface area contributed by atoms with E-state index < -0.39 is 17.2 Å². The Bertz CT molecular complexity index is 1000. The summed E-state index contributed by atoms with van der Waals surface area (Å²) in [5, 5.41) is 14.2. The molecule has 6 nitrogen and oxygen atoms in total. The fourth-order valence-electron chi connectivity index (χ4n) is 2.03. The largest absolute Gasteiger partial charge is 0.501 e. The van der Waals surface area contributed by atoms with Crippen molar-refractivity contribution in [3.05, 3.63) is 69.5 Å². The van der Waals surface area contributed by atoms with E-state index >= 15 is 0 Å². The lowest BCUT2D eigenvalue weighted by molar-refractivity contribution is 0.0950. The third-order valence-corrected chi connectivity index (χ3v) is 4.08. The molecule has 25 heavy (non-hydrogen) atoms. The Labute approximate surface area is 147 Å². The monoisotopic (exact) mass is 351 g/mol.